The van der Waals surface area contributed by atoms with E-state index >= 15 is 0 Å². The molecular formula is C44H38Cl4N8O6. The zero-order valence-corrected chi connectivity index (χ0v) is 36.6. The Hall–Kier alpha value is -6.32. The third-order valence-corrected chi connectivity index (χ3v) is 9.97. The number of nitrogens with zero attached hydrogens (tertiary/aromatic N) is 4. The van der Waals surface area contributed by atoms with Gasteiger partial charge in [0.15, 0.2) is 11.6 Å². The number of Topliss-reactive ketones (excluding diaryl/α,β-unsaturated/α-hetero) is 2. The third-order valence-electron chi connectivity index (χ3n) is 8.91. The number of azo groups is 2. The van der Waals surface area contributed by atoms with Crippen LogP contribution in [-0.2, 0) is 30.9 Å². The molecule has 0 fully saturated rings. The van der Waals surface area contributed by atoms with Gasteiger partial charge in [0, 0.05) is 55.7 Å². The molecule has 0 spiro atoms. The maximum absolute atomic E-state index is 13.4. The Morgan fingerprint density at radius 3 is 1.27 bits per heavy atom. The first-order chi connectivity index (χ1) is 29.5. The number of hydrogen-bond acceptors (Lipinski definition) is 10. The highest BCUT2D eigenvalue weighted by Crippen LogP contribution is 2.28. The van der Waals surface area contributed by atoms with E-state index in [0.717, 1.165) is 11.1 Å². The summed E-state index contributed by atoms with van der Waals surface area (Å²) < 4.78 is 0. The number of carbonyl (C=O) groups is 6. The normalized spacial score (nSPS) is 12.1. The van der Waals surface area contributed by atoms with Crippen molar-refractivity contribution in [1.29, 1.82) is 0 Å². The highest BCUT2D eigenvalue weighted by atomic mass is 35.5. The van der Waals surface area contributed by atoms with Crippen LogP contribution in [0.1, 0.15) is 56.8 Å². The van der Waals surface area contributed by atoms with Crippen molar-refractivity contribution in [2.45, 2.75) is 51.5 Å². The molecule has 5 aromatic rings. The molecule has 4 amide bonds. The van der Waals surface area contributed by atoms with Crippen LogP contribution in [0, 0.1) is 13.8 Å². The molecule has 2 unspecified atom stereocenters. The van der Waals surface area contributed by atoms with E-state index in [9.17, 15) is 28.8 Å². The van der Waals surface area contributed by atoms with E-state index in [-0.39, 0.29) is 38.2 Å². The standard InChI is InChI=1S/C44H38Cl4N8O6/c1-23-13-35(51-43(61)39(25(3)57)55-53-36-17-29(15-31(47)19-36)41(59)49-33-9-5-27(21-45)6-10-33)14-24(2)38(23)52-44(62)40(26(4)58)56-54-37-18-30(16-32(48)20-37)42(60)50-34-11-7-28(22-46)8-12-34/h5-20,39-40H,21-22H2,1-4H3,(H,49,59)(H,50,60)(H,51,61)(H,52,62). The molecule has 5 rings (SSSR count). The molecule has 0 aliphatic rings. The van der Waals surface area contributed by atoms with Crippen LogP contribution in [0.2, 0.25) is 10.0 Å². The lowest BCUT2D eigenvalue weighted by Gasteiger charge is -2.17. The summed E-state index contributed by atoms with van der Waals surface area (Å²) in [5.41, 5.74) is 5.01. The van der Waals surface area contributed by atoms with E-state index in [2.05, 4.69) is 41.7 Å². The number of hydrogen-bond donors (Lipinski definition) is 4. The van der Waals surface area contributed by atoms with E-state index in [4.69, 9.17) is 46.4 Å². The Balaban J connectivity index is 1.25. The van der Waals surface area contributed by atoms with Gasteiger partial charge in [0.2, 0.25) is 12.1 Å². The summed E-state index contributed by atoms with van der Waals surface area (Å²) in [7, 11) is 0. The van der Waals surface area contributed by atoms with Gasteiger partial charge < -0.3 is 21.3 Å². The van der Waals surface area contributed by atoms with Crippen molar-refractivity contribution in [2.75, 3.05) is 21.3 Å². The summed E-state index contributed by atoms with van der Waals surface area (Å²) in [6.07, 6.45) is 0. The van der Waals surface area contributed by atoms with Crippen LogP contribution < -0.4 is 21.3 Å². The van der Waals surface area contributed by atoms with Crippen molar-refractivity contribution < 1.29 is 28.8 Å². The van der Waals surface area contributed by atoms with Crippen LogP contribution in [0.4, 0.5) is 34.1 Å². The minimum Gasteiger partial charge on any atom is -0.324 e. The lowest BCUT2D eigenvalue weighted by Crippen LogP contribution is -2.33. The third kappa shape index (κ3) is 12.8. The quantitative estimate of drug-likeness (QED) is 0.0431. The average Bonchev–Trinajstić information content (AvgIpc) is 3.22. The predicted molar refractivity (Wildman–Crippen MR) is 242 cm³/mol. The Morgan fingerprint density at radius 1 is 0.516 bits per heavy atom. The van der Waals surface area contributed by atoms with Crippen molar-refractivity contribution in [2.24, 2.45) is 20.5 Å². The molecule has 62 heavy (non-hydrogen) atoms. The molecule has 0 aromatic heterocycles. The van der Waals surface area contributed by atoms with Gasteiger partial charge in [-0.05, 0) is 123 Å². The highest BCUT2D eigenvalue weighted by Gasteiger charge is 2.26. The van der Waals surface area contributed by atoms with Crippen LogP contribution in [0.3, 0.4) is 0 Å². The van der Waals surface area contributed by atoms with Crippen molar-refractivity contribution in [1.82, 2.24) is 0 Å². The summed E-state index contributed by atoms with van der Waals surface area (Å²) in [6.45, 7) is 5.69. The summed E-state index contributed by atoms with van der Waals surface area (Å²) in [5, 5.41) is 27.3. The van der Waals surface area contributed by atoms with Gasteiger partial charge in [0.05, 0.1) is 11.4 Å². The van der Waals surface area contributed by atoms with E-state index in [1.807, 2.05) is 0 Å². The zero-order valence-electron chi connectivity index (χ0n) is 33.6. The number of nitrogens with one attached hydrogen (secondary N) is 4. The minimum absolute atomic E-state index is 0.125. The first kappa shape index (κ1) is 46.7. The number of rotatable bonds is 16. The van der Waals surface area contributed by atoms with Gasteiger partial charge in [-0.25, -0.2) is 0 Å². The molecule has 4 N–H and O–H groups in total. The fourth-order valence-electron chi connectivity index (χ4n) is 5.81. The van der Waals surface area contributed by atoms with E-state index in [1.165, 1.54) is 50.2 Å². The molecule has 0 bridgehead atoms. The Morgan fingerprint density at radius 2 is 0.903 bits per heavy atom. The van der Waals surface area contributed by atoms with E-state index in [0.29, 0.717) is 39.9 Å². The maximum Gasteiger partial charge on any atom is 0.258 e. The predicted octanol–water partition coefficient (Wildman–Crippen LogP) is 11.0. The fraction of sp³-hybridized carbons (Fsp3) is 0.182. The molecule has 0 aliphatic carbocycles. The zero-order chi connectivity index (χ0) is 45.1. The topological polar surface area (TPSA) is 200 Å². The monoisotopic (exact) mass is 914 g/mol. The molecule has 2 atom stereocenters. The van der Waals surface area contributed by atoms with Gasteiger partial charge >= 0.3 is 0 Å². The van der Waals surface area contributed by atoms with Crippen molar-refractivity contribution in [3.63, 3.8) is 0 Å². The van der Waals surface area contributed by atoms with E-state index in [1.54, 1.807) is 74.5 Å². The molecule has 0 heterocycles. The molecule has 0 saturated carbocycles. The van der Waals surface area contributed by atoms with Gasteiger partial charge in [0.1, 0.15) is 0 Å². The molecule has 0 saturated heterocycles. The summed E-state index contributed by atoms with van der Waals surface area (Å²) in [4.78, 5) is 77.9. The molecule has 0 aliphatic heterocycles. The number of carbonyl (C=O) groups excluding carboxylic acids is 6. The smallest absolute Gasteiger partial charge is 0.258 e. The second kappa shape index (κ2) is 21.5. The number of anilines is 4. The van der Waals surface area contributed by atoms with Gasteiger partial charge in [-0.15, -0.1) is 23.2 Å². The van der Waals surface area contributed by atoms with Crippen molar-refractivity contribution >= 4 is 116 Å². The number of aryl methyl sites for hydroxylation is 2. The van der Waals surface area contributed by atoms with Crippen molar-refractivity contribution in [3.8, 4) is 0 Å². The lowest BCUT2D eigenvalue weighted by atomic mass is 10.1. The summed E-state index contributed by atoms with van der Waals surface area (Å²) in [5.74, 6) is -3.10. The summed E-state index contributed by atoms with van der Waals surface area (Å²) in [6, 6.07) is 22.4. The molecule has 18 heteroatoms. The fourth-order valence-corrected chi connectivity index (χ4v) is 6.62. The van der Waals surface area contributed by atoms with Crippen LogP contribution in [0.25, 0.3) is 0 Å². The number of amides is 4. The second-order valence-corrected chi connectivity index (χ2v) is 15.3. The van der Waals surface area contributed by atoms with E-state index < -0.39 is 47.3 Å². The van der Waals surface area contributed by atoms with Crippen LogP contribution in [0.5, 0.6) is 0 Å². The molecular weight excluding hydrogens is 878 g/mol. The first-order valence-corrected chi connectivity index (χ1v) is 20.4. The van der Waals surface area contributed by atoms with Gasteiger partial charge in [-0.3, -0.25) is 28.8 Å². The van der Waals surface area contributed by atoms with Gasteiger partial charge in [-0.1, -0.05) is 47.5 Å². The Labute approximate surface area is 376 Å². The van der Waals surface area contributed by atoms with Crippen LogP contribution in [-0.4, -0.2) is 47.3 Å². The van der Waals surface area contributed by atoms with Crippen LogP contribution in [0.15, 0.2) is 118 Å². The number of halogens is 4. The SMILES string of the molecule is CC(=O)C(N=Nc1cc(Cl)cc(C(=O)Nc2ccc(CCl)cc2)c1)C(=O)Nc1cc(C)c(NC(=O)C(N=Nc2cc(Cl)cc(C(=O)Nc3ccc(CCl)cc3)c2)C(C)=O)c(C)c1. The Kier molecular flexibility index (Phi) is 16.2. The largest absolute Gasteiger partial charge is 0.324 e. The number of benzene rings is 5. The Bertz CT molecular complexity index is 2580. The lowest BCUT2D eigenvalue weighted by molar-refractivity contribution is -0.127. The maximum atomic E-state index is 13.4. The first-order valence-electron chi connectivity index (χ1n) is 18.6. The highest BCUT2D eigenvalue weighted by molar-refractivity contribution is 6.31. The average molecular weight is 917 g/mol. The second-order valence-electron chi connectivity index (χ2n) is 13.9. The molecule has 5 aromatic carbocycles. The van der Waals surface area contributed by atoms with Gasteiger partial charge in [-0.2, -0.15) is 20.5 Å². The minimum atomic E-state index is -1.56. The molecule has 0 radical (unpaired) electrons. The molecule has 318 valence electrons. The number of alkyl halides is 2. The van der Waals surface area contributed by atoms with Crippen LogP contribution >= 0.6 is 46.4 Å². The van der Waals surface area contributed by atoms with Gasteiger partial charge in [0.25, 0.3) is 23.6 Å². The van der Waals surface area contributed by atoms with Crippen molar-refractivity contribution in [3.05, 3.63) is 140 Å². The molecule has 14 nitrogen and oxygen atoms in total. The number of ketones is 2. The summed E-state index contributed by atoms with van der Waals surface area (Å²) >= 11 is 24.2.